The zero-order chi connectivity index (χ0) is 21.3. The maximum atomic E-state index is 13.6. The van der Waals surface area contributed by atoms with Gasteiger partial charge in [0.05, 0.1) is 36.1 Å². The van der Waals surface area contributed by atoms with Gasteiger partial charge in [0.1, 0.15) is 17.3 Å². The molecule has 2 aromatic carbocycles. The van der Waals surface area contributed by atoms with Crippen LogP contribution in [-0.2, 0) is 14.3 Å². The normalized spacial score (nSPS) is 17.2. The van der Waals surface area contributed by atoms with Crippen LogP contribution < -0.4 is 9.64 Å². The van der Waals surface area contributed by atoms with Crippen molar-refractivity contribution in [2.75, 3.05) is 37.8 Å². The molecule has 0 saturated carbocycles. The molecular weight excluding hydrogens is 411 g/mol. The second-order valence-corrected chi connectivity index (χ2v) is 7.23. The van der Waals surface area contributed by atoms with Gasteiger partial charge >= 0.3 is 0 Å². The van der Waals surface area contributed by atoms with Gasteiger partial charge in [-0.1, -0.05) is 23.7 Å². The summed E-state index contributed by atoms with van der Waals surface area (Å²) in [6.45, 7) is 4.32. The predicted octanol–water partition coefficient (Wildman–Crippen LogP) is 3.49. The highest BCUT2D eigenvalue weighted by Crippen LogP contribution is 2.36. The Morgan fingerprint density at radius 1 is 1.07 bits per heavy atom. The van der Waals surface area contributed by atoms with Crippen LogP contribution in [0.4, 0.5) is 10.1 Å². The molecule has 0 atom stereocenters. The molecule has 30 heavy (non-hydrogen) atoms. The Bertz CT molecular complexity index is 1020. The van der Waals surface area contributed by atoms with Crippen LogP contribution in [0.3, 0.4) is 0 Å². The van der Waals surface area contributed by atoms with E-state index in [1.807, 2.05) is 11.8 Å². The van der Waals surface area contributed by atoms with E-state index >= 15 is 0 Å². The molecule has 8 heteroatoms. The van der Waals surface area contributed by atoms with Crippen LogP contribution in [0, 0.1) is 5.82 Å². The van der Waals surface area contributed by atoms with E-state index in [0.29, 0.717) is 55.5 Å². The number of ether oxygens (including phenoxy) is 2. The average Bonchev–Trinajstić information content (AvgIpc) is 3.02. The van der Waals surface area contributed by atoms with E-state index in [1.54, 1.807) is 24.3 Å². The summed E-state index contributed by atoms with van der Waals surface area (Å²) >= 11 is 5.89. The van der Waals surface area contributed by atoms with Gasteiger partial charge in [-0.15, -0.1) is 0 Å². The maximum Gasteiger partial charge on any atom is 0.282 e. The molecule has 1 fully saturated rings. The Morgan fingerprint density at radius 2 is 1.77 bits per heavy atom. The molecule has 2 heterocycles. The van der Waals surface area contributed by atoms with E-state index < -0.39 is 17.6 Å². The zero-order valence-corrected chi connectivity index (χ0v) is 17.1. The number of morpholine rings is 1. The van der Waals surface area contributed by atoms with Crippen LogP contribution in [0.1, 0.15) is 12.5 Å². The van der Waals surface area contributed by atoms with Crippen LogP contribution in [0.5, 0.6) is 5.75 Å². The summed E-state index contributed by atoms with van der Waals surface area (Å²) in [7, 11) is 0. The Balaban J connectivity index is 1.79. The minimum atomic E-state index is -0.618. The minimum absolute atomic E-state index is 0.157. The van der Waals surface area contributed by atoms with Crippen LogP contribution in [0.25, 0.3) is 5.57 Å². The number of nitrogens with zero attached hydrogens (tertiary/aromatic N) is 2. The summed E-state index contributed by atoms with van der Waals surface area (Å²) in [6.07, 6.45) is 0. The van der Waals surface area contributed by atoms with E-state index in [0.717, 1.165) is 11.0 Å². The first-order valence-electron chi connectivity index (χ1n) is 9.65. The van der Waals surface area contributed by atoms with Crippen molar-refractivity contribution in [1.29, 1.82) is 0 Å². The van der Waals surface area contributed by atoms with Crippen LogP contribution in [-0.4, -0.2) is 49.6 Å². The molecule has 2 aliphatic rings. The van der Waals surface area contributed by atoms with Gasteiger partial charge in [-0.3, -0.25) is 9.59 Å². The average molecular weight is 431 g/mol. The van der Waals surface area contributed by atoms with Crippen molar-refractivity contribution in [3.8, 4) is 5.75 Å². The highest BCUT2D eigenvalue weighted by Gasteiger charge is 2.42. The third-order valence-corrected chi connectivity index (χ3v) is 5.29. The largest absolute Gasteiger partial charge is 0.494 e. The number of anilines is 1. The lowest BCUT2D eigenvalue weighted by Gasteiger charge is -2.29. The van der Waals surface area contributed by atoms with E-state index in [9.17, 15) is 14.0 Å². The number of carbonyl (C=O) groups excluding carboxylic acids is 2. The number of hydrogen-bond donors (Lipinski definition) is 0. The number of imide groups is 1. The Kier molecular flexibility index (Phi) is 5.74. The van der Waals surface area contributed by atoms with Gasteiger partial charge in [0.2, 0.25) is 0 Å². The Morgan fingerprint density at radius 3 is 2.40 bits per heavy atom. The van der Waals surface area contributed by atoms with E-state index in [4.69, 9.17) is 21.1 Å². The molecule has 0 radical (unpaired) electrons. The SMILES string of the molecule is CCOc1ccc(C2=C(N3CCOCC3)C(=O)N(c3ccc(F)c(Cl)c3)C2=O)cc1. The smallest absolute Gasteiger partial charge is 0.282 e. The van der Waals surface area contributed by atoms with E-state index in [1.165, 1.54) is 12.1 Å². The molecule has 0 unspecified atom stereocenters. The fraction of sp³-hybridized carbons (Fsp3) is 0.273. The van der Waals surface area contributed by atoms with Crippen molar-refractivity contribution >= 4 is 34.7 Å². The van der Waals surface area contributed by atoms with Gasteiger partial charge < -0.3 is 14.4 Å². The first-order valence-corrected chi connectivity index (χ1v) is 10.0. The van der Waals surface area contributed by atoms with Crippen molar-refractivity contribution in [2.45, 2.75) is 6.92 Å². The Labute approximate surface area is 178 Å². The summed E-state index contributed by atoms with van der Waals surface area (Å²) < 4.78 is 24.5. The van der Waals surface area contributed by atoms with Crippen LogP contribution in [0.2, 0.25) is 5.02 Å². The highest BCUT2D eigenvalue weighted by molar-refractivity contribution is 6.45. The summed E-state index contributed by atoms with van der Waals surface area (Å²) in [6, 6.07) is 10.8. The lowest BCUT2D eigenvalue weighted by atomic mass is 10.0. The van der Waals surface area contributed by atoms with Gasteiger partial charge in [0, 0.05) is 13.1 Å². The predicted molar refractivity (Wildman–Crippen MR) is 111 cm³/mol. The van der Waals surface area contributed by atoms with Crippen molar-refractivity contribution in [3.05, 3.63) is 64.6 Å². The van der Waals surface area contributed by atoms with Crippen molar-refractivity contribution < 1.29 is 23.5 Å². The van der Waals surface area contributed by atoms with Gasteiger partial charge in [0.15, 0.2) is 0 Å². The molecule has 156 valence electrons. The number of halogens is 2. The number of carbonyl (C=O) groups is 2. The molecule has 0 aliphatic carbocycles. The van der Waals surface area contributed by atoms with Crippen molar-refractivity contribution in [2.24, 2.45) is 0 Å². The standard InChI is InChI=1S/C22H20ClFN2O4/c1-2-30-16-6-3-14(4-7-16)19-20(25-9-11-29-12-10-25)22(28)26(21(19)27)15-5-8-18(24)17(23)13-15/h3-8,13H,2,9-12H2,1H3. The third kappa shape index (κ3) is 3.66. The van der Waals surface area contributed by atoms with Crippen LogP contribution in [0.15, 0.2) is 48.2 Å². The van der Waals surface area contributed by atoms with Crippen molar-refractivity contribution in [1.82, 2.24) is 4.90 Å². The summed E-state index contributed by atoms with van der Waals surface area (Å²) in [5.41, 5.74) is 1.44. The number of rotatable bonds is 5. The molecule has 2 aliphatic heterocycles. The molecule has 1 saturated heterocycles. The Hall–Kier alpha value is -2.90. The molecule has 0 N–H and O–H groups in total. The monoisotopic (exact) mass is 430 g/mol. The molecule has 2 amide bonds. The molecular formula is C22H20ClFN2O4. The van der Waals surface area contributed by atoms with E-state index in [2.05, 4.69) is 0 Å². The lowest BCUT2D eigenvalue weighted by molar-refractivity contribution is -0.121. The molecule has 6 nitrogen and oxygen atoms in total. The molecule has 2 aromatic rings. The quantitative estimate of drug-likeness (QED) is 0.679. The molecule has 0 aromatic heterocycles. The second kappa shape index (κ2) is 8.45. The number of amides is 2. The van der Waals surface area contributed by atoms with Crippen LogP contribution >= 0.6 is 11.6 Å². The number of benzene rings is 2. The first-order chi connectivity index (χ1) is 14.5. The lowest BCUT2D eigenvalue weighted by Crippen LogP contribution is -2.40. The third-order valence-electron chi connectivity index (χ3n) is 5.00. The van der Waals surface area contributed by atoms with E-state index in [-0.39, 0.29) is 10.7 Å². The van der Waals surface area contributed by atoms with Gasteiger partial charge in [0.25, 0.3) is 11.8 Å². The fourth-order valence-corrected chi connectivity index (χ4v) is 3.78. The molecule has 0 spiro atoms. The summed E-state index contributed by atoms with van der Waals surface area (Å²) in [5, 5.41) is -0.157. The summed E-state index contributed by atoms with van der Waals surface area (Å²) in [5.74, 6) is -0.886. The molecule has 4 rings (SSSR count). The van der Waals surface area contributed by atoms with Gasteiger partial charge in [-0.2, -0.15) is 0 Å². The topological polar surface area (TPSA) is 59.1 Å². The number of hydrogen-bond acceptors (Lipinski definition) is 5. The first kappa shape index (κ1) is 20.4. The van der Waals surface area contributed by atoms with Crippen molar-refractivity contribution in [3.63, 3.8) is 0 Å². The highest BCUT2D eigenvalue weighted by atomic mass is 35.5. The zero-order valence-electron chi connectivity index (χ0n) is 16.4. The summed E-state index contributed by atoms with van der Waals surface area (Å²) in [4.78, 5) is 29.7. The van der Waals surface area contributed by atoms with Gasteiger partial charge in [-0.25, -0.2) is 9.29 Å². The molecule has 0 bridgehead atoms. The minimum Gasteiger partial charge on any atom is -0.494 e. The van der Waals surface area contributed by atoms with Gasteiger partial charge in [-0.05, 0) is 42.8 Å². The fourth-order valence-electron chi connectivity index (χ4n) is 3.60. The second-order valence-electron chi connectivity index (χ2n) is 6.82. The maximum absolute atomic E-state index is 13.6.